The molecule has 156 valence electrons. The summed E-state index contributed by atoms with van der Waals surface area (Å²) in [7, 11) is 3.07. The fourth-order valence-electron chi connectivity index (χ4n) is 2.90. The van der Waals surface area contributed by atoms with Crippen LogP contribution in [0.3, 0.4) is 0 Å². The van der Waals surface area contributed by atoms with Crippen LogP contribution in [0.1, 0.15) is 35.8 Å². The molecule has 0 aliphatic heterocycles. The number of carbonyl (C=O) groups excluding carboxylic acids is 2. The molecule has 0 aliphatic carbocycles. The number of hydrogen-bond donors (Lipinski definition) is 2. The normalized spacial score (nSPS) is 11.5. The van der Waals surface area contributed by atoms with Crippen molar-refractivity contribution in [3.63, 3.8) is 0 Å². The van der Waals surface area contributed by atoms with Crippen molar-refractivity contribution in [1.29, 1.82) is 0 Å². The van der Waals surface area contributed by atoms with Gasteiger partial charge in [-0.3, -0.25) is 14.9 Å². The topological polar surface area (TPSA) is 89.6 Å². The standard InChI is InChI=1S/C22H23N3O4S/c1-13(23-14(2)26)15-5-7-16(8-6-15)20-12-30-22(24-20)25-21(27)17-9-18(28-3)11-19(10-17)29-4/h5-13H,1-4H3,(H,23,26)(H,24,25,27). The molecule has 3 aromatic rings. The van der Waals surface area contributed by atoms with Gasteiger partial charge in [-0.25, -0.2) is 4.98 Å². The van der Waals surface area contributed by atoms with Crippen LogP contribution in [0.2, 0.25) is 0 Å². The number of anilines is 1. The molecule has 0 bridgehead atoms. The maximum absolute atomic E-state index is 12.6. The first-order valence-corrected chi connectivity index (χ1v) is 10.1. The van der Waals surface area contributed by atoms with E-state index in [0.29, 0.717) is 22.2 Å². The van der Waals surface area contributed by atoms with Crippen LogP contribution in [-0.4, -0.2) is 31.0 Å². The second kappa shape index (κ2) is 9.41. The van der Waals surface area contributed by atoms with Crippen molar-refractivity contribution in [2.75, 3.05) is 19.5 Å². The molecule has 0 spiro atoms. The molecule has 8 heteroatoms. The minimum atomic E-state index is -0.299. The summed E-state index contributed by atoms with van der Waals surface area (Å²) in [5.74, 6) is 0.702. The summed E-state index contributed by atoms with van der Waals surface area (Å²) in [5.41, 5.74) is 3.11. The third-order valence-corrected chi connectivity index (χ3v) is 5.22. The van der Waals surface area contributed by atoms with Crippen molar-refractivity contribution in [2.24, 2.45) is 0 Å². The van der Waals surface area contributed by atoms with Gasteiger partial charge in [0.05, 0.1) is 26.0 Å². The highest BCUT2D eigenvalue weighted by atomic mass is 32.1. The highest BCUT2D eigenvalue weighted by Crippen LogP contribution is 2.28. The summed E-state index contributed by atoms with van der Waals surface area (Å²) in [6.45, 7) is 3.43. The van der Waals surface area contributed by atoms with Gasteiger partial charge in [0, 0.05) is 29.5 Å². The van der Waals surface area contributed by atoms with Gasteiger partial charge in [0.25, 0.3) is 5.91 Å². The third kappa shape index (κ3) is 5.15. The van der Waals surface area contributed by atoms with Crippen molar-refractivity contribution in [3.8, 4) is 22.8 Å². The monoisotopic (exact) mass is 425 g/mol. The Labute approximate surface area is 179 Å². The van der Waals surface area contributed by atoms with E-state index in [1.165, 1.54) is 32.5 Å². The summed E-state index contributed by atoms with van der Waals surface area (Å²) < 4.78 is 10.4. The van der Waals surface area contributed by atoms with Crippen LogP contribution >= 0.6 is 11.3 Å². The van der Waals surface area contributed by atoms with Crippen LogP contribution in [0, 0.1) is 0 Å². The highest BCUT2D eigenvalue weighted by Gasteiger charge is 2.13. The molecule has 0 radical (unpaired) electrons. The molecule has 3 rings (SSSR count). The first-order valence-electron chi connectivity index (χ1n) is 9.27. The number of methoxy groups -OCH3 is 2. The van der Waals surface area contributed by atoms with Crippen molar-refractivity contribution in [1.82, 2.24) is 10.3 Å². The van der Waals surface area contributed by atoms with E-state index in [-0.39, 0.29) is 17.9 Å². The van der Waals surface area contributed by atoms with Crippen molar-refractivity contribution < 1.29 is 19.1 Å². The Morgan fingerprint density at radius 3 is 2.23 bits per heavy atom. The molecule has 7 nitrogen and oxygen atoms in total. The number of benzene rings is 2. The average Bonchev–Trinajstić information content (AvgIpc) is 3.21. The highest BCUT2D eigenvalue weighted by molar-refractivity contribution is 7.14. The van der Waals surface area contributed by atoms with E-state index in [4.69, 9.17) is 9.47 Å². The molecule has 1 aromatic heterocycles. The minimum absolute atomic E-state index is 0.0679. The summed E-state index contributed by atoms with van der Waals surface area (Å²) in [4.78, 5) is 28.3. The first-order chi connectivity index (χ1) is 14.4. The van der Waals surface area contributed by atoms with E-state index in [2.05, 4.69) is 15.6 Å². The number of hydrogen-bond acceptors (Lipinski definition) is 6. The quantitative estimate of drug-likeness (QED) is 0.590. The van der Waals surface area contributed by atoms with Crippen LogP contribution in [-0.2, 0) is 4.79 Å². The summed E-state index contributed by atoms with van der Waals surface area (Å²) >= 11 is 1.34. The Kier molecular flexibility index (Phi) is 6.68. The molecule has 2 aromatic carbocycles. The Morgan fingerprint density at radius 1 is 1.03 bits per heavy atom. The molecule has 0 saturated heterocycles. The number of amides is 2. The lowest BCUT2D eigenvalue weighted by molar-refractivity contribution is -0.119. The molecule has 30 heavy (non-hydrogen) atoms. The van der Waals surface area contributed by atoms with E-state index in [0.717, 1.165) is 16.8 Å². The predicted octanol–water partition coefficient (Wildman–Crippen LogP) is 4.28. The number of carbonyl (C=O) groups is 2. The van der Waals surface area contributed by atoms with Gasteiger partial charge in [-0.05, 0) is 24.6 Å². The average molecular weight is 426 g/mol. The molecule has 0 fully saturated rings. The van der Waals surface area contributed by atoms with Gasteiger partial charge in [0.2, 0.25) is 5.91 Å². The summed E-state index contributed by atoms with van der Waals surface area (Å²) in [6, 6.07) is 12.7. The second-order valence-electron chi connectivity index (χ2n) is 6.64. The van der Waals surface area contributed by atoms with E-state index in [1.54, 1.807) is 18.2 Å². The lowest BCUT2D eigenvalue weighted by atomic mass is 10.1. The predicted molar refractivity (Wildman–Crippen MR) is 117 cm³/mol. The Hall–Kier alpha value is -3.39. The molecule has 0 aliphatic rings. The zero-order valence-corrected chi connectivity index (χ0v) is 18.0. The number of aromatic nitrogens is 1. The van der Waals surface area contributed by atoms with E-state index >= 15 is 0 Å². The zero-order valence-electron chi connectivity index (χ0n) is 17.2. The van der Waals surface area contributed by atoms with Crippen LogP contribution in [0.5, 0.6) is 11.5 Å². The molecule has 2 N–H and O–H groups in total. The number of nitrogens with one attached hydrogen (secondary N) is 2. The summed E-state index contributed by atoms with van der Waals surface area (Å²) in [5, 5.41) is 8.05. The first kappa shape index (κ1) is 21.3. The molecule has 0 saturated carbocycles. The molecule has 2 amide bonds. The van der Waals surface area contributed by atoms with Crippen LogP contribution in [0.15, 0.2) is 47.8 Å². The van der Waals surface area contributed by atoms with Crippen LogP contribution in [0.25, 0.3) is 11.3 Å². The Balaban J connectivity index is 1.72. The van der Waals surface area contributed by atoms with Gasteiger partial charge in [0.15, 0.2) is 5.13 Å². The maximum atomic E-state index is 12.6. The molecule has 1 heterocycles. The van der Waals surface area contributed by atoms with Gasteiger partial charge in [0.1, 0.15) is 11.5 Å². The fourth-order valence-corrected chi connectivity index (χ4v) is 3.62. The lowest BCUT2D eigenvalue weighted by Gasteiger charge is -2.13. The van der Waals surface area contributed by atoms with E-state index < -0.39 is 0 Å². The van der Waals surface area contributed by atoms with Gasteiger partial charge in [-0.2, -0.15) is 0 Å². The number of rotatable bonds is 7. The third-order valence-electron chi connectivity index (χ3n) is 4.46. The molecule has 1 unspecified atom stereocenters. The minimum Gasteiger partial charge on any atom is -0.497 e. The Bertz CT molecular complexity index is 1020. The number of nitrogens with zero attached hydrogens (tertiary/aromatic N) is 1. The van der Waals surface area contributed by atoms with Crippen molar-refractivity contribution >= 4 is 28.3 Å². The van der Waals surface area contributed by atoms with Crippen molar-refractivity contribution in [2.45, 2.75) is 19.9 Å². The fraction of sp³-hybridized carbons (Fsp3) is 0.227. The van der Waals surface area contributed by atoms with Gasteiger partial charge >= 0.3 is 0 Å². The lowest BCUT2D eigenvalue weighted by Crippen LogP contribution is -2.23. The zero-order chi connectivity index (χ0) is 21.7. The maximum Gasteiger partial charge on any atom is 0.257 e. The SMILES string of the molecule is COc1cc(OC)cc(C(=O)Nc2nc(-c3ccc(C(C)NC(C)=O)cc3)cs2)c1. The smallest absolute Gasteiger partial charge is 0.257 e. The van der Waals surface area contributed by atoms with Crippen molar-refractivity contribution in [3.05, 3.63) is 59.0 Å². The van der Waals surface area contributed by atoms with Gasteiger partial charge < -0.3 is 14.8 Å². The molecular formula is C22H23N3O4S. The molecule has 1 atom stereocenters. The molecular weight excluding hydrogens is 402 g/mol. The van der Waals surface area contributed by atoms with E-state index in [1.807, 2.05) is 36.6 Å². The van der Waals surface area contributed by atoms with Crippen LogP contribution < -0.4 is 20.1 Å². The number of thiazole rings is 1. The van der Waals surface area contributed by atoms with E-state index in [9.17, 15) is 9.59 Å². The summed E-state index contributed by atoms with van der Waals surface area (Å²) in [6.07, 6.45) is 0. The van der Waals surface area contributed by atoms with Gasteiger partial charge in [-0.15, -0.1) is 11.3 Å². The number of ether oxygens (including phenoxy) is 2. The van der Waals surface area contributed by atoms with Crippen LogP contribution in [0.4, 0.5) is 5.13 Å². The second-order valence-corrected chi connectivity index (χ2v) is 7.50. The van der Waals surface area contributed by atoms with Gasteiger partial charge in [-0.1, -0.05) is 24.3 Å². The Morgan fingerprint density at radius 2 is 1.67 bits per heavy atom. The largest absolute Gasteiger partial charge is 0.497 e.